The summed E-state index contributed by atoms with van der Waals surface area (Å²) in [5.74, 6) is 0.839. The lowest BCUT2D eigenvalue weighted by Crippen LogP contribution is -2.59. The molecule has 20 heavy (non-hydrogen) atoms. The van der Waals surface area contributed by atoms with Crippen LogP contribution in [0.3, 0.4) is 0 Å². The van der Waals surface area contributed by atoms with Crippen molar-refractivity contribution in [2.24, 2.45) is 11.7 Å². The Bertz CT molecular complexity index is 462. The molecular formula is C17H25BN2. The van der Waals surface area contributed by atoms with Gasteiger partial charge in [-0.25, -0.2) is 0 Å². The molecular weight excluding hydrogens is 243 g/mol. The molecule has 1 aliphatic carbocycles. The fourth-order valence-corrected chi connectivity index (χ4v) is 3.59. The normalized spacial score (nSPS) is 27.1. The lowest BCUT2D eigenvalue weighted by atomic mass is 9.81. The number of nitrogens with zero attached hydrogens (tertiary/aromatic N) is 1. The smallest absolute Gasteiger partial charge is 0.0657 e. The first-order valence-corrected chi connectivity index (χ1v) is 7.94. The molecule has 2 N–H and O–H groups in total. The zero-order chi connectivity index (χ0) is 14.1. The van der Waals surface area contributed by atoms with E-state index in [0.29, 0.717) is 6.04 Å². The minimum Gasteiger partial charge on any atom is -0.328 e. The van der Waals surface area contributed by atoms with Crippen LogP contribution in [0.15, 0.2) is 18.2 Å². The second kappa shape index (κ2) is 5.91. The van der Waals surface area contributed by atoms with Crippen molar-refractivity contribution >= 4 is 7.85 Å². The fourth-order valence-electron chi connectivity index (χ4n) is 3.59. The Kier molecular flexibility index (Phi) is 4.18. The van der Waals surface area contributed by atoms with E-state index < -0.39 is 0 Å². The van der Waals surface area contributed by atoms with E-state index in [1.807, 2.05) is 0 Å². The van der Waals surface area contributed by atoms with Crippen molar-refractivity contribution < 1.29 is 0 Å². The molecule has 0 aromatic heterocycles. The number of hydrogen-bond acceptors (Lipinski definition) is 2. The Labute approximate surface area is 124 Å². The maximum Gasteiger partial charge on any atom is 0.0657 e. The number of nitrogens with two attached hydrogens (primary N) is 1. The summed E-state index contributed by atoms with van der Waals surface area (Å²) < 4.78 is 0. The first-order valence-electron chi connectivity index (χ1n) is 7.94. The van der Waals surface area contributed by atoms with Crippen LogP contribution in [0.1, 0.15) is 29.5 Å². The Morgan fingerprint density at radius 1 is 1.30 bits per heavy atom. The molecule has 0 unspecified atom stereocenters. The molecule has 1 aromatic rings. The highest BCUT2D eigenvalue weighted by Gasteiger charge is 2.38. The van der Waals surface area contributed by atoms with Crippen LogP contribution in [-0.4, -0.2) is 37.9 Å². The van der Waals surface area contributed by atoms with E-state index in [9.17, 15) is 0 Å². The van der Waals surface area contributed by atoms with Gasteiger partial charge in [0.2, 0.25) is 0 Å². The molecule has 1 aliphatic heterocycles. The van der Waals surface area contributed by atoms with E-state index in [1.54, 1.807) is 0 Å². The standard InChI is InChI=1S/C17H25BN2/c1-12-6-13(4-5-18)2-3-15(12)7-14-10-20(11-14)17-8-16(19)9-17/h2-3,6,14,16-17H,4-5,7-11,19H2,1H3. The summed E-state index contributed by atoms with van der Waals surface area (Å²) in [6, 6.07) is 8.12. The van der Waals surface area contributed by atoms with Gasteiger partial charge < -0.3 is 5.73 Å². The predicted molar refractivity (Wildman–Crippen MR) is 85.2 cm³/mol. The zero-order valence-corrected chi connectivity index (χ0v) is 12.5. The Morgan fingerprint density at radius 2 is 2.05 bits per heavy atom. The molecule has 106 valence electrons. The summed E-state index contributed by atoms with van der Waals surface area (Å²) in [7, 11) is 5.62. The molecule has 0 atom stereocenters. The van der Waals surface area contributed by atoms with E-state index in [1.165, 1.54) is 49.0 Å². The third-order valence-corrected chi connectivity index (χ3v) is 5.00. The number of benzene rings is 1. The molecule has 2 fully saturated rings. The van der Waals surface area contributed by atoms with Crippen LogP contribution in [-0.2, 0) is 12.8 Å². The molecule has 0 bridgehead atoms. The van der Waals surface area contributed by atoms with Gasteiger partial charge in [0.15, 0.2) is 0 Å². The quantitative estimate of drug-likeness (QED) is 0.828. The second-order valence-corrected chi connectivity index (χ2v) is 6.71. The van der Waals surface area contributed by atoms with Crippen molar-refractivity contribution in [3.8, 4) is 0 Å². The number of hydrogen-bond donors (Lipinski definition) is 1. The van der Waals surface area contributed by atoms with Crippen LogP contribution in [0, 0.1) is 12.8 Å². The summed E-state index contributed by atoms with van der Waals surface area (Å²) in [4.78, 5) is 2.62. The van der Waals surface area contributed by atoms with Crippen molar-refractivity contribution in [1.82, 2.24) is 4.90 Å². The van der Waals surface area contributed by atoms with Crippen LogP contribution < -0.4 is 5.73 Å². The average molecular weight is 268 g/mol. The van der Waals surface area contributed by atoms with E-state index in [2.05, 4.69) is 30.0 Å². The predicted octanol–water partition coefficient (Wildman–Crippen LogP) is 2.09. The lowest BCUT2D eigenvalue weighted by Gasteiger charge is -2.50. The van der Waals surface area contributed by atoms with Gasteiger partial charge in [-0.15, -0.1) is 0 Å². The lowest BCUT2D eigenvalue weighted by molar-refractivity contribution is 0.00898. The first-order chi connectivity index (χ1) is 9.65. The van der Waals surface area contributed by atoms with Gasteiger partial charge in [0.1, 0.15) is 0 Å². The van der Waals surface area contributed by atoms with Gasteiger partial charge in [0.25, 0.3) is 0 Å². The van der Waals surface area contributed by atoms with E-state index in [0.717, 1.165) is 24.7 Å². The SMILES string of the molecule is [B]CCc1ccc(CC2CN(C3CC(N)C3)C2)c(C)c1. The highest BCUT2D eigenvalue weighted by Crippen LogP contribution is 2.32. The minimum atomic E-state index is 0.469. The van der Waals surface area contributed by atoms with Gasteiger partial charge in [-0.05, 0) is 55.2 Å². The van der Waals surface area contributed by atoms with Gasteiger partial charge in [-0.2, -0.15) is 0 Å². The highest BCUT2D eigenvalue weighted by molar-refractivity contribution is 6.08. The highest BCUT2D eigenvalue weighted by atomic mass is 15.2. The molecule has 2 nitrogen and oxygen atoms in total. The largest absolute Gasteiger partial charge is 0.328 e. The third-order valence-electron chi connectivity index (χ3n) is 5.00. The van der Waals surface area contributed by atoms with Gasteiger partial charge >= 0.3 is 0 Å². The maximum absolute atomic E-state index is 5.87. The Hall–Kier alpha value is -0.795. The molecule has 1 saturated heterocycles. The second-order valence-electron chi connectivity index (χ2n) is 6.71. The Morgan fingerprint density at radius 3 is 2.65 bits per heavy atom. The molecule has 1 saturated carbocycles. The molecule has 2 radical (unpaired) electrons. The molecule has 0 spiro atoms. The van der Waals surface area contributed by atoms with Crippen LogP contribution in [0.4, 0.5) is 0 Å². The molecule has 2 aliphatic rings. The molecule has 3 rings (SSSR count). The van der Waals surface area contributed by atoms with Gasteiger partial charge in [0, 0.05) is 25.2 Å². The summed E-state index contributed by atoms with van der Waals surface area (Å²) in [5, 5.41) is 0. The minimum absolute atomic E-state index is 0.469. The summed E-state index contributed by atoms with van der Waals surface area (Å²) in [6.45, 7) is 4.76. The third kappa shape index (κ3) is 2.94. The topological polar surface area (TPSA) is 29.3 Å². The van der Waals surface area contributed by atoms with Gasteiger partial charge in [-0.3, -0.25) is 4.90 Å². The van der Waals surface area contributed by atoms with Crippen molar-refractivity contribution in [3.05, 3.63) is 34.9 Å². The summed E-state index contributed by atoms with van der Waals surface area (Å²) in [5.41, 5.74) is 10.2. The van der Waals surface area contributed by atoms with Crippen molar-refractivity contribution in [2.75, 3.05) is 13.1 Å². The fraction of sp³-hybridized carbons (Fsp3) is 0.647. The molecule has 1 heterocycles. The Balaban J connectivity index is 1.49. The van der Waals surface area contributed by atoms with E-state index >= 15 is 0 Å². The number of rotatable bonds is 5. The van der Waals surface area contributed by atoms with E-state index in [4.69, 9.17) is 13.6 Å². The van der Waals surface area contributed by atoms with Crippen molar-refractivity contribution in [2.45, 2.75) is 51.0 Å². The van der Waals surface area contributed by atoms with Crippen LogP contribution >= 0.6 is 0 Å². The number of aryl methyl sites for hydroxylation is 2. The van der Waals surface area contributed by atoms with Gasteiger partial charge in [0.05, 0.1) is 7.85 Å². The molecule has 3 heteroatoms. The van der Waals surface area contributed by atoms with E-state index in [-0.39, 0.29) is 0 Å². The summed E-state index contributed by atoms with van der Waals surface area (Å²) in [6.07, 6.45) is 5.36. The zero-order valence-electron chi connectivity index (χ0n) is 12.5. The number of likely N-dealkylation sites (tertiary alicyclic amines) is 1. The molecule has 0 amide bonds. The summed E-state index contributed by atoms with van der Waals surface area (Å²) >= 11 is 0. The van der Waals surface area contributed by atoms with Crippen molar-refractivity contribution in [1.29, 1.82) is 0 Å². The van der Waals surface area contributed by atoms with Crippen LogP contribution in [0.5, 0.6) is 0 Å². The molecule has 1 aromatic carbocycles. The van der Waals surface area contributed by atoms with Crippen LogP contribution in [0.25, 0.3) is 0 Å². The average Bonchev–Trinajstić information content (AvgIpc) is 2.33. The maximum atomic E-state index is 5.87. The monoisotopic (exact) mass is 268 g/mol. The van der Waals surface area contributed by atoms with Gasteiger partial charge in [-0.1, -0.05) is 24.5 Å². The van der Waals surface area contributed by atoms with Crippen LogP contribution in [0.2, 0.25) is 6.32 Å². The first kappa shape index (κ1) is 14.2. The van der Waals surface area contributed by atoms with Crippen molar-refractivity contribution in [3.63, 3.8) is 0 Å².